The summed E-state index contributed by atoms with van der Waals surface area (Å²) in [5.74, 6) is 1.07. The molecule has 1 N–H and O–H groups in total. The summed E-state index contributed by atoms with van der Waals surface area (Å²) in [6.45, 7) is 11.9. The molecule has 0 saturated carbocycles. The normalized spacial score (nSPS) is 30.0. The van der Waals surface area contributed by atoms with Crippen molar-refractivity contribution in [3.8, 4) is 0 Å². The number of piperidine rings is 1. The van der Waals surface area contributed by atoms with Gasteiger partial charge in [0.15, 0.2) is 5.96 Å². The van der Waals surface area contributed by atoms with Gasteiger partial charge in [0.05, 0.1) is 13.2 Å². The quantitative estimate of drug-likeness (QED) is 0.635. The van der Waals surface area contributed by atoms with Gasteiger partial charge in [-0.05, 0) is 24.7 Å². The summed E-state index contributed by atoms with van der Waals surface area (Å²) in [4.78, 5) is 6.94. The number of likely N-dealkylation sites (tertiary alicyclic amines) is 1. The fourth-order valence-electron chi connectivity index (χ4n) is 3.48. The third kappa shape index (κ3) is 3.66. The lowest BCUT2D eigenvalue weighted by Crippen LogP contribution is -2.54. The van der Waals surface area contributed by atoms with E-state index in [-0.39, 0.29) is 0 Å². The standard InChI is InChI=1S/C16H31N3O/c1-5-7-15(2)8-6-9-19(11-15)14(17-4)18-10-16(3)12-20-13-16/h5-13H2,1-4H3,(H,17,18). The van der Waals surface area contributed by atoms with E-state index in [1.54, 1.807) is 0 Å². The van der Waals surface area contributed by atoms with Gasteiger partial charge in [-0.1, -0.05) is 27.2 Å². The third-order valence-electron chi connectivity index (χ3n) is 4.72. The average Bonchev–Trinajstić information content (AvgIpc) is 2.37. The van der Waals surface area contributed by atoms with Crippen molar-refractivity contribution in [3.63, 3.8) is 0 Å². The lowest BCUT2D eigenvalue weighted by molar-refractivity contribution is -0.0973. The number of hydrogen-bond donors (Lipinski definition) is 1. The van der Waals surface area contributed by atoms with Crippen molar-refractivity contribution in [3.05, 3.63) is 0 Å². The molecule has 0 aromatic rings. The summed E-state index contributed by atoms with van der Waals surface area (Å²) < 4.78 is 5.32. The van der Waals surface area contributed by atoms with Crippen LogP contribution < -0.4 is 5.32 Å². The zero-order valence-electron chi connectivity index (χ0n) is 13.7. The Kier molecular flexibility index (Phi) is 4.95. The van der Waals surface area contributed by atoms with Gasteiger partial charge in [-0.2, -0.15) is 0 Å². The smallest absolute Gasteiger partial charge is 0.193 e. The molecule has 2 aliphatic heterocycles. The van der Waals surface area contributed by atoms with Crippen molar-refractivity contribution in [1.82, 2.24) is 10.2 Å². The molecule has 2 heterocycles. The summed E-state index contributed by atoms with van der Waals surface area (Å²) >= 11 is 0. The molecule has 0 aromatic carbocycles. The first-order chi connectivity index (χ1) is 9.50. The number of ether oxygens (including phenoxy) is 1. The molecular weight excluding hydrogens is 250 g/mol. The van der Waals surface area contributed by atoms with Gasteiger partial charge in [0, 0.05) is 32.1 Å². The lowest BCUT2D eigenvalue weighted by atomic mass is 9.78. The van der Waals surface area contributed by atoms with E-state index >= 15 is 0 Å². The maximum absolute atomic E-state index is 5.32. The van der Waals surface area contributed by atoms with Gasteiger partial charge < -0.3 is 15.0 Å². The molecule has 1 unspecified atom stereocenters. The molecule has 2 rings (SSSR count). The number of hydrogen-bond acceptors (Lipinski definition) is 2. The first-order valence-electron chi connectivity index (χ1n) is 8.04. The number of rotatable bonds is 4. The molecule has 1 atom stereocenters. The van der Waals surface area contributed by atoms with Crippen LogP contribution in [-0.2, 0) is 4.74 Å². The fourth-order valence-corrected chi connectivity index (χ4v) is 3.48. The van der Waals surface area contributed by atoms with Crippen molar-refractivity contribution in [1.29, 1.82) is 0 Å². The SMILES string of the molecule is CCCC1(C)CCCN(C(=NC)NCC2(C)COC2)C1. The maximum atomic E-state index is 5.32. The second-order valence-electron chi connectivity index (χ2n) is 7.29. The zero-order valence-corrected chi connectivity index (χ0v) is 13.7. The molecule has 2 aliphatic rings. The van der Waals surface area contributed by atoms with Gasteiger partial charge in [0.25, 0.3) is 0 Å². The van der Waals surface area contributed by atoms with Gasteiger partial charge in [0.2, 0.25) is 0 Å². The summed E-state index contributed by atoms with van der Waals surface area (Å²) in [6, 6.07) is 0. The second-order valence-corrected chi connectivity index (χ2v) is 7.29. The summed E-state index contributed by atoms with van der Waals surface area (Å²) in [7, 11) is 1.90. The molecule has 0 bridgehead atoms. The van der Waals surface area contributed by atoms with Crippen molar-refractivity contribution >= 4 is 5.96 Å². The van der Waals surface area contributed by atoms with Crippen LogP contribution in [-0.4, -0.2) is 50.8 Å². The van der Waals surface area contributed by atoms with Crippen molar-refractivity contribution in [2.75, 3.05) is 39.9 Å². The number of nitrogens with zero attached hydrogens (tertiary/aromatic N) is 2. The minimum absolute atomic E-state index is 0.290. The van der Waals surface area contributed by atoms with Gasteiger partial charge in [-0.15, -0.1) is 0 Å². The number of guanidine groups is 1. The van der Waals surface area contributed by atoms with Crippen LogP contribution in [0, 0.1) is 10.8 Å². The first kappa shape index (κ1) is 15.6. The second kappa shape index (κ2) is 6.33. The highest BCUT2D eigenvalue weighted by Crippen LogP contribution is 2.34. The highest BCUT2D eigenvalue weighted by Gasteiger charge is 2.35. The van der Waals surface area contributed by atoms with E-state index in [2.05, 4.69) is 36.0 Å². The minimum atomic E-state index is 0.290. The zero-order chi connectivity index (χ0) is 14.6. The maximum Gasteiger partial charge on any atom is 0.193 e. The van der Waals surface area contributed by atoms with E-state index < -0.39 is 0 Å². The van der Waals surface area contributed by atoms with Crippen molar-refractivity contribution in [2.45, 2.75) is 46.5 Å². The predicted octanol–water partition coefficient (Wildman–Crippen LogP) is 2.50. The Labute approximate surface area is 124 Å². The lowest BCUT2D eigenvalue weighted by Gasteiger charge is -2.43. The topological polar surface area (TPSA) is 36.9 Å². The van der Waals surface area contributed by atoms with Crippen LogP contribution in [0.4, 0.5) is 0 Å². The highest BCUT2D eigenvalue weighted by atomic mass is 16.5. The van der Waals surface area contributed by atoms with Crippen LogP contribution in [0.2, 0.25) is 0 Å². The van der Waals surface area contributed by atoms with E-state index in [1.807, 2.05) is 7.05 Å². The van der Waals surface area contributed by atoms with E-state index in [9.17, 15) is 0 Å². The molecule has 20 heavy (non-hydrogen) atoms. The Morgan fingerprint density at radius 1 is 1.30 bits per heavy atom. The minimum Gasteiger partial charge on any atom is -0.380 e. The Morgan fingerprint density at radius 3 is 2.60 bits per heavy atom. The van der Waals surface area contributed by atoms with Crippen LogP contribution in [0.15, 0.2) is 4.99 Å². The molecule has 0 spiro atoms. The van der Waals surface area contributed by atoms with E-state index in [1.165, 1.54) is 25.7 Å². The molecule has 0 aromatic heterocycles. The Hall–Kier alpha value is -0.770. The Balaban J connectivity index is 1.90. The molecule has 0 radical (unpaired) electrons. The molecule has 4 nitrogen and oxygen atoms in total. The van der Waals surface area contributed by atoms with Crippen LogP contribution >= 0.6 is 0 Å². The molecular formula is C16H31N3O. The van der Waals surface area contributed by atoms with Gasteiger partial charge in [0.1, 0.15) is 0 Å². The van der Waals surface area contributed by atoms with Gasteiger partial charge in [-0.25, -0.2) is 0 Å². The monoisotopic (exact) mass is 281 g/mol. The molecule has 0 aliphatic carbocycles. The van der Waals surface area contributed by atoms with E-state index in [4.69, 9.17) is 4.74 Å². The summed E-state index contributed by atoms with van der Waals surface area (Å²) in [5.41, 5.74) is 0.743. The number of nitrogens with one attached hydrogen (secondary N) is 1. The van der Waals surface area contributed by atoms with Gasteiger partial charge >= 0.3 is 0 Å². The third-order valence-corrected chi connectivity index (χ3v) is 4.72. The van der Waals surface area contributed by atoms with Crippen molar-refractivity contribution < 1.29 is 4.74 Å². The van der Waals surface area contributed by atoms with Crippen LogP contribution in [0.1, 0.15) is 46.5 Å². The average molecular weight is 281 g/mol. The molecule has 116 valence electrons. The van der Waals surface area contributed by atoms with Crippen LogP contribution in [0.3, 0.4) is 0 Å². The van der Waals surface area contributed by atoms with E-state index in [0.29, 0.717) is 10.8 Å². The Bertz CT molecular complexity index is 348. The van der Waals surface area contributed by atoms with Crippen LogP contribution in [0.5, 0.6) is 0 Å². The fraction of sp³-hybridized carbons (Fsp3) is 0.938. The summed E-state index contributed by atoms with van der Waals surface area (Å²) in [6.07, 6.45) is 5.20. The molecule has 2 saturated heterocycles. The first-order valence-corrected chi connectivity index (χ1v) is 8.04. The van der Waals surface area contributed by atoms with E-state index in [0.717, 1.165) is 38.8 Å². The van der Waals surface area contributed by atoms with Crippen LogP contribution in [0.25, 0.3) is 0 Å². The molecule has 2 fully saturated rings. The van der Waals surface area contributed by atoms with Crippen molar-refractivity contribution in [2.24, 2.45) is 15.8 Å². The van der Waals surface area contributed by atoms with Gasteiger partial charge in [-0.3, -0.25) is 4.99 Å². The summed E-state index contributed by atoms with van der Waals surface area (Å²) in [5, 5.41) is 3.56. The highest BCUT2D eigenvalue weighted by molar-refractivity contribution is 5.80. The number of aliphatic imine (C=N–C) groups is 1. The molecule has 4 heteroatoms. The largest absolute Gasteiger partial charge is 0.380 e. The Morgan fingerprint density at radius 2 is 2.05 bits per heavy atom. The molecule has 0 amide bonds. The predicted molar refractivity (Wildman–Crippen MR) is 84.1 cm³/mol.